The Balaban J connectivity index is 1.77. The number of hydrogen-bond acceptors (Lipinski definition) is 3. The average molecular weight is 406 g/mol. The van der Waals surface area contributed by atoms with Crippen LogP contribution in [0.25, 0.3) is 0 Å². The Bertz CT molecular complexity index is 832. The molecule has 148 valence electrons. The molecule has 3 atom stereocenters. The molecule has 1 saturated carbocycles. The Morgan fingerprint density at radius 3 is 2.54 bits per heavy atom. The first-order valence-electron chi connectivity index (χ1n) is 9.03. The standard InChI is InChI=1S/C20H21ClFN3O3/c1-2-15(10-17(23)26)24-18(27)16-9-14(22)11-25(16)19(28)20(7-8-20)12-3-5-13(21)6-4-12/h1,3-6,14-16H,7-11H2,(H2,23,26)(H,24,27)/t14?,15-,16?/m1/s1. The summed E-state index contributed by atoms with van der Waals surface area (Å²) in [4.78, 5) is 38.2. The Kier molecular flexibility index (Phi) is 5.61. The van der Waals surface area contributed by atoms with Gasteiger partial charge in [0, 0.05) is 11.4 Å². The minimum Gasteiger partial charge on any atom is -0.370 e. The summed E-state index contributed by atoms with van der Waals surface area (Å²) in [5.74, 6) is 0.758. The molecule has 1 aromatic rings. The van der Waals surface area contributed by atoms with E-state index < -0.39 is 35.5 Å². The molecular formula is C20H21ClFN3O3. The Morgan fingerprint density at radius 1 is 1.36 bits per heavy atom. The highest BCUT2D eigenvalue weighted by Crippen LogP contribution is 2.50. The number of nitrogens with zero attached hydrogens (tertiary/aromatic N) is 1. The number of hydrogen-bond donors (Lipinski definition) is 2. The normalized spacial score (nSPS) is 23.5. The van der Waals surface area contributed by atoms with E-state index in [4.69, 9.17) is 23.8 Å². The largest absolute Gasteiger partial charge is 0.370 e. The van der Waals surface area contributed by atoms with Crippen LogP contribution in [0.3, 0.4) is 0 Å². The van der Waals surface area contributed by atoms with E-state index in [1.54, 1.807) is 24.3 Å². The second kappa shape index (κ2) is 7.80. The lowest BCUT2D eigenvalue weighted by molar-refractivity contribution is -0.140. The summed E-state index contributed by atoms with van der Waals surface area (Å²) in [6.07, 6.45) is 4.94. The molecule has 1 aromatic carbocycles. The smallest absolute Gasteiger partial charge is 0.243 e. The number of nitrogens with one attached hydrogen (secondary N) is 1. The number of rotatable bonds is 6. The van der Waals surface area contributed by atoms with E-state index in [9.17, 15) is 18.8 Å². The number of carbonyl (C=O) groups is 3. The van der Waals surface area contributed by atoms with E-state index in [-0.39, 0.29) is 25.3 Å². The fraction of sp³-hybridized carbons (Fsp3) is 0.450. The molecule has 2 aliphatic rings. The van der Waals surface area contributed by atoms with Crippen molar-refractivity contribution in [3.63, 3.8) is 0 Å². The van der Waals surface area contributed by atoms with E-state index in [2.05, 4.69) is 11.2 Å². The Morgan fingerprint density at radius 2 is 2.00 bits per heavy atom. The van der Waals surface area contributed by atoms with E-state index in [1.165, 1.54) is 4.90 Å². The van der Waals surface area contributed by atoms with Gasteiger partial charge < -0.3 is 16.0 Å². The number of alkyl halides is 1. The second-order valence-electron chi connectivity index (χ2n) is 7.29. The first-order chi connectivity index (χ1) is 13.3. The van der Waals surface area contributed by atoms with Crippen molar-refractivity contribution in [2.24, 2.45) is 5.73 Å². The number of nitrogens with two attached hydrogens (primary N) is 1. The topological polar surface area (TPSA) is 92.5 Å². The Hall–Kier alpha value is -2.59. The first kappa shape index (κ1) is 20.2. The predicted octanol–water partition coefficient (Wildman–Crippen LogP) is 1.30. The fourth-order valence-corrected chi connectivity index (χ4v) is 3.80. The molecule has 3 amide bonds. The molecule has 1 saturated heterocycles. The maximum atomic E-state index is 14.1. The van der Waals surface area contributed by atoms with Gasteiger partial charge in [-0.25, -0.2) is 4.39 Å². The molecule has 1 aliphatic heterocycles. The van der Waals surface area contributed by atoms with Gasteiger partial charge in [0.1, 0.15) is 12.2 Å². The minimum atomic E-state index is -1.30. The summed E-state index contributed by atoms with van der Waals surface area (Å²) < 4.78 is 14.1. The minimum absolute atomic E-state index is 0.109. The maximum absolute atomic E-state index is 14.1. The van der Waals surface area contributed by atoms with Gasteiger partial charge in [0.25, 0.3) is 0 Å². The van der Waals surface area contributed by atoms with Gasteiger partial charge in [0.05, 0.1) is 24.4 Å². The van der Waals surface area contributed by atoms with Crippen molar-refractivity contribution in [3.8, 4) is 12.3 Å². The van der Waals surface area contributed by atoms with Gasteiger partial charge in [-0.05, 0) is 30.5 Å². The van der Waals surface area contributed by atoms with Gasteiger partial charge in [0.15, 0.2) is 0 Å². The van der Waals surface area contributed by atoms with Crippen LogP contribution in [0.1, 0.15) is 31.2 Å². The summed E-state index contributed by atoms with van der Waals surface area (Å²) in [6, 6.07) is 5.11. The third kappa shape index (κ3) is 3.97. The highest BCUT2D eigenvalue weighted by atomic mass is 35.5. The van der Waals surface area contributed by atoms with Gasteiger partial charge in [0.2, 0.25) is 17.7 Å². The van der Waals surface area contributed by atoms with Crippen LogP contribution in [-0.2, 0) is 19.8 Å². The number of terminal acetylenes is 1. The summed E-state index contributed by atoms with van der Waals surface area (Å²) in [7, 11) is 0. The van der Waals surface area contributed by atoms with Crippen LogP contribution < -0.4 is 11.1 Å². The SMILES string of the molecule is C#C[C@H](CC(N)=O)NC(=O)C1CC(F)CN1C(=O)C1(c2ccc(Cl)cc2)CC1. The third-order valence-corrected chi connectivity index (χ3v) is 5.54. The molecule has 28 heavy (non-hydrogen) atoms. The molecular weight excluding hydrogens is 385 g/mol. The lowest BCUT2D eigenvalue weighted by Gasteiger charge is -2.29. The van der Waals surface area contributed by atoms with Crippen molar-refractivity contribution in [1.29, 1.82) is 0 Å². The van der Waals surface area contributed by atoms with Gasteiger partial charge >= 0.3 is 0 Å². The van der Waals surface area contributed by atoms with Crippen molar-refractivity contribution in [2.75, 3.05) is 6.54 Å². The zero-order chi connectivity index (χ0) is 20.5. The predicted molar refractivity (Wildman–Crippen MR) is 102 cm³/mol. The monoisotopic (exact) mass is 405 g/mol. The van der Waals surface area contributed by atoms with Crippen molar-refractivity contribution in [3.05, 3.63) is 34.9 Å². The number of carbonyl (C=O) groups excluding carboxylic acids is 3. The van der Waals surface area contributed by atoms with Crippen LogP contribution in [0, 0.1) is 12.3 Å². The van der Waals surface area contributed by atoms with Crippen molar-refractivity contribution in [1.82, 2.24) is 10.2 Å². The van der Waals surface area contributed by atoms with Crippen LogP contribution in [0.2, 0.25) is 5.02 Å². The van der Waals surface area contributed by atoms with Crippen molar-refractivity contribution in [2.45, 2.75) is 49.4 Å². The lowest BCUT2D eigenvalue weighted by atomic mass is 9.94. The molecule has 0 spiro atoms. The highest BCUT2D eigenvalue weighted by Gasteiger charge is 2.56. The Labute approximate surface area is 167 Å². The van der Waals surface area contributed by atoms with Crippen LogP contribution >= 0.6 is 11.6 Å². The summed E-state index contributed by atoms with van der Waals surface area (Å²) in [5.41, 5.74) is 5.18. The van der Waals surface area contributed by atoms with Gasteiger partial charge in [-0.2, -0.15) is 0 Å². The number of primary amides is 1. The van der Waals surface area contributed by atoms with Gasteiger partial charge in [-0.1, -0.05) is 29.7 Å². The molecule has 0 bridgehead atoms. The highest BCUT2D eigenvalue weighted by molar-refractivity contribution is 6.30. The van der Waals surface area contributed by atoms with E-state index in [0.29, 0.717) is 17.9 Å². The van der Waals surface area contributed by atoms with E-state index >= 15 is 0 Å². The van der Waals surface area contributed by atoms with Crippen LogP contribution in [0.5, 0.6) is 0 Å². The van der Waals surface area contributed by atoms with Crippen LogP contribution in [0.4, 0.5) is 4.39 Å². The fourth-order valence-electron chi connectivity index (χ4n) is 3.67. The third-order valence-electron chi connectivity index (χ3n) is 5.29. The molecule has 2 unspecified atom stereocenters. The molecule has 6 nitrogen and oxygen atoms in total. The van der Waals surface area contributed by atoms with E-state index in [0.717, 1.165) is 5.56 Å². The summed E-state index contributed by atoms with van der Waals surface area (Å²) in [6.45, 7) is -0.150. The number of likely N-dealkylation sites (tertiary alicyclic amines) is 1. The zero-order valence-corrected chi connectivity index (χ0v) is 15.9. The van der Waals surface area contributed by atoms with Crippen LogP contribution in [0.15, 0.2) is 24.3 Å². The molecule has 2 fully saturated rings. The van der Waals surface area contributed by atoms with Crippen molar-refractivity contribution < 1.29 is 18.8 Å². The number of halogens is 2. The lowest BCUT2D eigenvalue weighted by Crippen LogP contribution is -2.51. The molecule has 1 aliphatic carbocycles. The second-order valence-corrected chi connectivity index (χ2v) is 7.73. The molecule has 0 radical (unpaired) electrons. The number of amides is 3. The molecule has 0 aromatic heterocycles. The molecule has 3 N–H and O–H groups in total. The molecule has 3 rings (SSSR count). The molecule has 8 heteroatoms. The average Bonchev–Trinajstić information content (AvgIpc) is 3.36. The quantitative estimate of drug-likeness (QED) is 0.699. The maximum Gasteiger partial charge on any atom is 0.243 e. The number of benzene rings is 1. The first-order valence-corrected chi connectivity index (χ1v) is 9.40. The summed E-state index contributed by atoms with van der Waals surface area (Å²) in [5, 5.41) is 3.07. The zero-order valence-electron chi connectivity index (χ0n) is 15.2. The van der Waals surface area contributed by atoms with Gasteiger partial charge in [-0.15, -0.1) is 6.42 Å². The summed E-state index contributed by atoms with van der Waals surface area (Å²) >= 11 is 5.92. The van der Waals surface area contributed by atoms with Crippen LogP contribution in [-0.4, -0.2) is 47.4 Å². The van der Waals surface area contributed by atoms with Crippen molar-refractivity contribution >= 4 is 29.3 Å². The van der Waals surface area contributed by atoms with E-state index in [1.807, 2.05) is 0 Å². The van der Waals surface area contributed by atoms with Gasteiger partial charge in [-0.3, -0.25) is 14.4 Å². The molecule has 1 heterocycles.